The highest BCUT2D eigenvalue weighted by molar-refractivity contribution is 6.14. The van der Waals surface area contributed by atoms with Crippen molar-refractivity contribution in [1.29, 1.82) is 0 Å². The van der Waals surface area contributed by atoms with E-state index in [1.807, 2.05) is 30.3 Å². The first-order valence-corrected chi connectivity index (χ1v) is 16.4. The number of furan rings is 1. The number of hydrogen-bond acceptors (Lipinski definition) is 4. The van der Waals surface area contributed by atoms with Gasteiger partial charge in [-0.05, 0) is 55.6 Å². The number of rotatable bonds is 4. The Kier molecular flexibility index (Phi) is 6.15. The topological polar surface area (TPSA) is 51.8 Å². The normalized spacial score (nSPS) is 11.7. The van der Waals surface area contributed by atoms with Crippen LogP contribution in [-0.2, 0) is 0 Å². The van der Waals surface area contributed by atoms with Gasteiger partial charge in [0, 0.05) is 21.9 Å². The Morgan fingerprint density at radius 2 is 0.857 bits per heavy atom. The molecule has 8 aromatic carbocycles. The van der Waals surface area contributed by atoms with E-state index in [4.69, 9.17) is 19.4 Å². The van der Waals surface area contributed by atoms with E-state index < -0.39 is 0 Å². The summed E-state index contributed by atoms with van der Waals surface area (Å²) >= 11 is 0. The van der Waals surface area contributed by atoms with Gasteiger partial charge in [0.05, 0.1) is 5.56 Å². The molecule has 2 heterocycles. The molecular formula is C45H27N3O. The van der Waals surface area contributed by atoms with Gasteiger partial charge in [0.2, 0.25) is 0 Å². The van der Waals surface area contributed by atoms with Crippen molar-refractivity contribution in [3.8, 4) is 45.3 Å². The van der Waals surface area contributed by atoms with Crippen molar-refractivity contribution in [3.05, 3.63) is 164 Å². The summed E-state index contributed by atoms with van der Waals surface area (Å²) in [6.45, 7) is 0. The molecule has 0 unspecified atom stereocenters. The first-order chi connectivity index (χ1) is 24.3. The van der Waals surface area contributed by atoms with Gasteiger partial charge in [-0.15, -0.1) is 0 Å². The zero-order chi connectivity index (χ0) is 32.3. The SMILES string of the molecule is c1ccc2c(-c3nc(-c4ccc(-c5cccc6ccc7ccccc7c56)cc4)nc(-c4cccc5c4oc4ccccc45)n3)cccc2c1. The second kappa shape index (κ2) is 11.0. The van der Waals surface area contributed by atoms with Crippen molar-refractivity contribution >= 4 is 54.3 Å². The second-order valence-electron chi connectivity index (χ2n) is 12.4. The maximum Gasteiger partial charge on any atom is 0.167 e. The molecule has 10 rings (SSSR count). The largest absolute Gasteiger partial charge is 0.455 e. The van der Waals surface area contributed by atoms with E-state index in [0.29, 0.717) is 17.5 Å². The highest BCUT2D eigenvalue weighted by Gasteiger charge is 2.19. The molecule has 0 aliphatic rings. The van der Waals surface area contributed by atoms with Gasteiger partial charge >= 0.3 is 0 Å². The fourth-order valence-corrected chi connectivity index (χ4v) is 7.19. The molecule has 0 bridgehead atoms. The van der Waals surface area contributed by atoms with Crippen LogP contribution >= 0.6 is 0 Å². The number of aromatic nitrogens is 3. The number of benzene rings is 8. The Morgan fingerprint density at radius 3 is 1.69 bits per heavy atom. The molecule has 0 aliphatic heterocycles. The zero-order valence-electron chi connectivity index (χ0n) is 26.3. The van der Waals surface area contributed by atoms with E-state index in [0.717, 1.165) is 55.0 Å². The van der Waals surface area contributed by atoms with E-state index in [9.17, 15) is 0 Å². The molecule has 4 nitrogen and oxygen atoms in total. The van der Waals surface area contributed by atoms with Crippen LogP contribution in [0.4, 0.5) is 0 Å². The van der Waals surface area contributed by atoms with Crippen LogP contribution in [0, 0.1) is 0 Å². The third-order valence-corrected chi connectivity index (χ3v) is 9.53. The van der Waals surface area contributed by atoms with Gasteiger partial charge in [0.25, 0.3) is 0 Å². The van der Waals surface area contributed by atoms with Crippen molar-refractivity contribution in [2.24, 2.45) is 0 Å². The Bertz CT molecular complexity index is 2880. The van der Waals surface area contributed by atoms with Crippen LogP contribution in [0.3, 0.4) is 0 Å². The van der Waals surface area contributed by atoms with Gasteiger partial charge in [0.15, 0.2) is 17.5 Å². The standard InChI is InChI=1S/C45H27N3O/c1-3-14-33-28(10-1)12-7-19-38(33)44-46-43(47-45(48-44)39-20-9-18-37-36-16-5-6-21-40(36)49-42(37)39)32-26-23-30(24-27-32)35-17-8-13-31-25-22-29-11-2-4-15-34(29)41(31)35/h1-27H. The molecule has 0 aliphatic carbocycles. The van der Waals surface area contributed by atoms with E-state index in [-0.39, 0.29) is 0 Å². The summed E-state index contributed by atoms with van der Waals surface area (Å²) in [5.41, 5.74) is 6.65. The van der Waals surface area contributed by atoms with Crippen molar-refractivity contribution in [1.82, 2.24) is 15.0 Å². The quantitative estimate of drug-likeness (QED) is 0.183. The van der Waals surface area contributed by atoms with Crippen LogP contribution < -0.4 is 0 Å². The van der Waals surface area contributed by atoms with Gasteiger partial charge in [-0.2, -0.15) is 0 Å². The Balaban J connectivity index is 1.17. The zero-order valence-corrected chi connectivity index (χ0v) is 26.3. The minimum absolute atomic E-state index is 0.571. The third kappa shape index (κ3) is 4.49. The van der Waals surface area contributed by atoms with Crippen molar-refractivity contribution in [3.63, 3.8) is 0 Å². The average molecular weight is 626 g/mol. The van der Waals surface area contributed by atoms with Crippen LogP contribution in [0.1, 0.15) is 0 Å². The molecular weight excluding hydrogens is 599 g/mol. The Labute approximate surface area is 282 Å². The second-order valence-corrected chi connectivity index (χ2v) is 12.4. The fourth-order valence-electron chi connectivity index (χ4n) is 7.19. The molecule has 2 aromatic heterocycles. The van der Waals surface area contributed by atoms with E-state index in [1.165, 1.54) is 27.1 Å². The summed E-state index contributed by atoms with van der Waals surface area (Å²) in [4.78, 5) is 15.3. The lowest BCUT2D eigenvalue weighted by atomic mass is 9.93. The minimum Gasteiger partial charge on any atom is -0.455 e. The van der Waals surface area contributed by atoms with Crippen LogP contribution in [-0.4, -0.2) is 15.0 Å². The molecule has 0 fully saturated rings. The lowest BCUT2D eigenvalue weighted by Crippen LogP contribution is -2.00. The number of nitrogens with zero attached hydrogens (tertiary/aromatic N) is 3. The van der Waals surface area contributed by atoms with Crippen molar-refractivity contribution in [2.75, 3.05) is 0 Å². The summed E-state index contributed by atoms with van der Waals surface area (Å²) in [6.07, 6.45) is 0. The summed E-state index contributed by atoms with van der Waals surface area (Å²) in [6, 6.07) is 57.0. The summed E-state index contributed by atoms with van der Waals surface area (Å²) in [5.74, 6) is 1.80. The van der Waals surface area contributed by atoms with Crippen LogP contribution in [0.2, 0.25) is 0 Å². The maximum absolute atomic E-state index is 6.43. The predicted molar refractivity (Wildman–Crippen MR) is 201 cm³/mol. The summed E-state index contributed by atoms with van der Waals surface area (Å²) < 4.78 is 6.43. The Hall–Kier alpha value is -6.65. The number of hydrogen-bond donors (Lipinski definition) is 0. The lowest BCUT2D eigenvalue weighted by Gasteiger charge is -2.12. The minimum atomic E-state index is 0.571. The molecule has 49 heavy (non-hydrogen) atoms. The summed E-state index contributed by atoms with van der Waals surface area (Å²) in [5, 5.41) is 9.30. The molecule has 0 atom stereocenters. The van der Waals surface area contributed by atoms with Gasteiger partial charge in [-0.3, -0.25) is 0 Å². The van der Waals surface area contributed by atoms with Crippen LogP contribution in [0.15, 0.2) is 168 Å². The number of para-hydroxylation sites is 2. The molecule has 4 heteroatoms. The average Bonchev–Trinajstić information content (AvgIpc) is 3.56. The lowest BCUT2D eigenvalue weighted by molar-refractivity contribution is 0.669. The van der Waals surface area contributed by atoms with Crippen LogP contribution in [0.25, 0.3) is 99.5 Å². The monoisotopic (exact) mass is 625 g/mol. The molecule has 0 saturated carbocycles. The molecule has 0 amide bonds. The fraction of sp³-hybridized carbons (Fsp3) is 0. The number of fused-ring (bicyclic) bond motifs is 7. The van der Waals surface area contributed by atoms with Gasteiger partial charge in [-0.25, -0.2) is 15.0 Å². The first-order valence-electron chi connectivity index (χ1n) is 16.4. The first kappa shape index (κ1) is 27.5. The molecule has 0 radical (unpaired) electrons. The summed E-state index contributed by atoms with van der Waals surface area (Å²) in [7, 11) is 0. The van der Waals surface area contributed by atoms with Crippen LogP contribution in [0.5, 0.6) is 0 Å². The van der Waals surface area contributed by atoms with Gasteiger partial charge in [0.1, 0.15) is 11.2 Å². The molecule has 228 valence electrons. The van der Waals surface area contributed by atoms with Crippen molar-refractivity contribution in [2.45, 2.75) is 0 Å². The predicted octanol–water partition coefficient (Wildman–Crippen LogP) is 11.9. The molecule has 0 spiro atoms. The van der Waals surface area contributed by atoms with Crippen molar-refractivity contribution < 1.29 is 4.42 Å². The highest BCUT2D eigenvalue weighted by Crippen LogP contribution is 2.38. The van der Waals surface area contributed by atoms with E-state index in [1.54, 1.807) is 0 Å². The third-order valence-electron chi connectivity index (χ3n) is 9.53. The van der Waals surface area contributed by atoms with Gasteiger partial charge in [-0.1, -0.05) is 152 Å². The smallest absolute Gasteiger partial charge is 0.167 e. The Morgan fingerprint density at radius 1 is 0.327 bits per heavy atom. The van der Waals surface area contributed by atoms with Gasteiger partial charge < -0.3 is 4.42 Å². The maximum atomic E-state index is 6.43. The van der Waals surface area contributed by atoms with E-state index >= 15 is 0 Å². The van der Waals surface area contributed by atoms with E-state index in [2.05, 4.69) is 133 Å². The molecule has 0 saturated heterocycles. The highest BCUT2D eigenvalue weighted by atomic mass is 16.3. The molecule has 10 aromatic rings. The molecule has 0 N–H and O–H groups in total.